The molecule has 5 nitrogen and oxygen atoms in total. The molecule has 20 heavy (non-hydrogen) atoms. The van der Waals surface area contributed by atoms with Crippen LogP contribution in [-0.4, -0.2) is 41.1 Å². The number of rotatable bonds is 1. The molecule has 0 radical (unpaired) electrons. The van der Waals surface area contributed by atoms with E-state index in [-0.39, 0.29) is 18.1 Å². The van der Waals surface area contributed by atoms with Gasteiger partial charge in [-0.05, 0) is 38.1 Å². The molecule has 1 aromatic heterocycles. The van der Waals surface area contributed by atoms with Crippen LogP contribution in [0.4, 0.5) is 5.69 Å². The maximum atomic E-state index is 12.6. The summed E-state index contributed by atoms with van der Waals surface area (Å²) in [6.45, 7) is 5.23. The van der Waals surface area contributed by atoms with Crippen LogP contribution in [0.3, 0.4) is 0 Å². The molecule has 1 amide bonds. The van der Waals surface area contributed by atoms with Gasteiger partial charge in [-0.15, -0.1) is 0 Å². The SMILES string of the molecule is C[C@@H]1CN(C(=O)c2cc3cc(N)ccc3[nH]2)C[C@H](C)O1. The molecule has 0 bridgehead atoms. The van der Waals surface area contributed by atoms with E-state index in [1.165, 1.54) is 0 Å². The van der Waals surface area contributed by atoms with Crippen LogP contribution in [-0.2, 0) is 4.74 Å². The Bertz CT molecular complexity index is 640. The zero-order valence-electron chi connectivity index (χ0n) is 11.7. The van der Waals surface area contributed by atoms with Gasteiger partial charge >= 0.3 is 0 Å². The lowest BCUT2D eigenvalue weighted by Crippen LogP contribution is -2.48. The Labute approximate surface area is 117 Å². The van der Waals surface area contributed by atoms with Gasteiger partial charge in [0.15, 0.2) is 0 Å². The lowest BCUT2D eigenvalue weighted by Gasteiger charge is -2.35. The van der Waals surface area contributed by atoms with Crippen molar-refractivity contribution < 1.29 is 9.53 Å². The molecule has 106 valence electrons. The Morgan fingerprint density at radius 3 is 2.70 bits per heavy atom. The Morgan fingerprint density at radius 2 is 2.00 bits per heavy atom. The van der Waals surface area contributed by atoms with Crippen molar-refractivity contribution in [2.75, 3.05) is 18.8 Å². The average molecular weight is 273 g/mol. The first-order chi connectivity index (χ1) is 9.52. The Hall–Kier alpha value is -2.01. The number of nitrogens with zero attached hydrogens (tertiary/aromatic N) is 1. The number of amides is 1. The predicted octanol–water partition coefficient (Wildman–Crippen LogP) is 2.00. The van der Waals surface area contributed by atoms with Gasteiger partial charge < -0.3 is 20.4 Å². The lowest BCUT2D eigenvalue weighted by atomic mass is 10.2. The number of aromatic amines is 1. The molecule has 0 aliphatic carbocycles. The second kappa shape index (κ2) is 4.83. The van der Waals surface area contributed by atoms with E-state index >= 15 is 0 Å². The van der Waals surface area contributed by atoms with Gasteiger partial charge in [0, 0.05) is 29.7 Å². The first kappa shape index (κ1) is 13.0. The largest absolute Gasteiger partial charge is 0.399 e. The number of morpholine rings is 1. The summed E-state index contributed by atoms with van der Waals surface area (Å²) in [4.78, 5) is 17.6. The van der Waals surface area contributed by atoms with Gasteiger partial charge in [-0.1, -0.05) is 0 Å². The van der Waals surface area contributed by atoms with Crippen molar-refractivity contribution >= 4 is 22.5 Å². The predicted molar refractivity (Wildman–Crippen MR) is 78.6 cm³/mol. The molecule has 0 spiro atoms. The number of benzene rings is 1. The van der Waals surface area contributed by atoms with E-state index in [2.05, 4.69) is 4.98 Å². The molecule has 3 rings (SSSR count). The van der Waals surface area contributed by atoms with Crippen molar-refractivity contribution in [2.24, 2.45) is 0 Å². The number of anilines is 1. The van der Waals surface area contributed by atoms with Crippen LogP contribution in [0.15, 0.2) is 24.3 Å². The van der Waals surface area contributed by atoms with E-state index in [4.69, 9.17) is 10.5 Å². The summed E-state index contributed by atoms with van der Waals surface area (Å²) in [6.07, 6.45) is 0.144. The van der Waals surface area contributed by atoms with E-state index < -0.39 is 0 Å². The molecular weight excluding hydrogens is 254 g/mol. The summed E-state index contributed by atoms with van der Waals surface area (Å²) in [5.74, 6) is 0.0155. The summed E-state index contributed by atoms with van der Waals surface area (Å²) >= 11 is 0. The number of carbonyl (C=O) groups is 1. The molecular formula is C15H19N3O2. The summed E-state index contributed by atoms with van der Waals surface area (Å²) in [6, 6.07) is 7.45. The van der Waals surface area contributed by atoms with Crippen molar-refractivity contribution in [3.05, 3.63) is 30.0 Å². The molecule has 1 fully saturated rings. The highest BCUT2D eigenvalue weighted by Crippen LogP contribution is 2.20. The van der Waals surface area contributed by atoms with Crippen molar-refractivity contribution in [3.63, 3.8) is 0 Å². The molecule has 1 aliphatic rings. The number of nitrogens with one attached hydrogen (secondary N) is 1. The van der Waals surface area contributed by atoms with Crippen molar-refractivity contribution in [1.29, 1.82) is 0 Å². The summed E-state index contributed by atoms with van der Waals surface area (Å²) < 4.78 is 5.66. The first-order valence-electron chi connectivity index (χ1n) is 6.86. The summed E-state index contributed by atoms with van der Waals surface area (Å²) in [5.41, 5.74) is 7.99. The minimum absolute atomic E-state index is 0.0155. The summed E-state index contributed by atoms with van der Waals surface area (Å²) in [7, 11) is 0. The van der Waals surface area contributed by atoms with Crippen LogP contribution in [0, 0.1) is 0 Å². The van der Waals surface area contributed by atoms with Gasteiger partial charge in [0.1, 0.15) is 5.69 Å². The topological polar surface area (TPSA) is 71.3 Å². The van der Waals surface area contributed by atoms with Crippen LogP contribution >= 0.6 is 0 Å². The van der Waals surface area contributed by atoms with E-state index in [9.17, 15) is 4.79 Å². The molecule has 3 N–H and O–H groups in total. The quantitative estimate of drug-likeness (QED) is 0.781. The van der Waals surface area contributed by atoms with Crippen LogP contribution in [0.25, 0.3) is 10.9 Å². The molecule has 1 saturated heterocycles. The van der Waals surface area contributed by atoms with Gasteiger partial charge in [0.2, 0.25) is 0 Å². The minimum Gasteiger partial charge on any atom is -0.399 e. The molecule has 0 unspecified atom stereocenters. The number of fused-ring (bicyclic) bond motifs is 1. The fourth-order valence-electron chi connectivity index (χ4n) is 2.78. The van der Waals surface area contributed by atoms with Crippen LogP contribution in [0.1, 0.15) is 24.3 Å². The zero-order chi connectivity index (χ0) is 14.3. The second-order valence-corrected chi connectivity index (χ2v) is 5.50. The van der Waals surface area contributed by atoms with E-state index in [1.54, 1.807) is 0 Å². The fourth-order valence-corrected chi connectivity index (χ4v) is 2.78. The summed E-state index contributed by atoms with van der Waals surface area (Å²) in [5, 5.41) is 0.961. The number of carbonyl (C=O) groups excluding carboxylic acids is 1. The third-order valence-corrected chi connectivity index (χ3v) is 3.58. The highest BCUT2D eigenvalue weighted by Gasteiger charge is 2.27. The van der Waals surface area contributed by atoms with Crippen molar-refractivity contribution in [3.8, 4) is 0 Å². The van der Waals surface area contributed by atoms with Gasteiger partial charge in [-0.2, -0.15) is 0 Å². The number of hydrogen-bond acceptors (Lipinski definition) is 3. The number of ether oxygens (including phenoxy) is 1. The smallest absolute Gasteiger partial charge is 0.270 e. The molecule has 2 heterocycles. The minimum atomic E-state index is 0.0155. The molecule has 0 saturated carbocycles. The maximum Gasteiger partial charge on any atom is 0.270 e. The van der Waals surface area contributed by atoms with Crippen LogP contribution in [0.5, 0.6) is 0 Å². The van der Waals surface area contributed by atoms with Crippen LogP contribution < -0.4 is 5.73 Å². The zero-order valence-corrected chi connectivity index (χ0v) is 11.7. The highest BCUT2D eigenvalue weighted by atomic mass is 16.5. The standard InChI is InChI=1S/C15H19N3O2/c1-9-7-18(8-10(2)20-9)15(19)14-6-11-5-12(16)3-4-13(11)17-14/h3-6,9-10,17H,7-8,16H2,1-2H3/t9-,10+. The lowest BCUT2D eigenvalue weighted by molar-refractivity contribution is -0.0587. The number of H-pyrrole nitrogens is 1. The van der Waals surface area contributed by atoms with Crippen LogP contribution in [0.2, 0.25) is 0 Å². The molecule has 2 aromatic rings. The third kappa shape index (κ3) is 2.36. The van der Waals surface area contributed by atoms with Crippen molar-refractivity contribution in [1.82, 2.24) is 9.88 Å². The van der Waals surface area contributed by atoms with Gasteiger partial charge in [-0.3, -0.25) is 4.79 Å². The second-order valence-electron chi connectivity index (χ2n) is 5.50. The number of nitrogens with two attached hydrogens (primary N) is 1. The number of aromatic nitrogens is 1. The van der Waals surface area contributed by atoms with E-state index in [1.807, 2.05) is 43.0 Å². The molecule has 1 aliphatic heterocycles. The Balaban J connectivity index is 1.88. The third-order valence-electron chi connectivity index (χ3n) is 3.58. The van der Waals surface area contributed by atoms with Gasteiger partial charge in [-0.25, -0.2) is 0 Å². The molecule has 2 atom stereocenters. The Morgan fingerprint density at radius 1 is 1.30 bits per heavy atom. The van der Waals surface area contributed by atoms with E-state index in [0.29, 0.717) is 24.5 Å². The highest BCUT2D eigenvalue weighted by molar-refractivity contribution is 5.98. The average Bonchev–Trinajstić information content (AvgIpc) is 2.79. The number of nitrogen functional groups attached to an aromatic ring is 1. The normalized spacial score (nSPS) is 23.2. The van der Waals surface area contributed by atoms with E-state index in [0.717, 1.165) is 10.9 Å². The maximum absolute atomic E-state index is 12.6. The Kier molecular flexibility index (Phi) is 3.14. The fraction of sp³-hybridized carbons (Fsp3) is 0.400. The monoisotopic (exact) mass is 273 g/mol. The van der Waals surface area contributed by atoms with Gasteiger partial charge in [0.25, 0.3) is 5.91 Å². The van der Waals surface area contributed by atoms with Gasteiger partial charge in [0.05, 0.1) is 12.2 Å². The molecule has 5 heteroatoms. The number of hydrogen-bond donors (Lipinski definition) is 2. The first-order valence-corrected chi connectivity index (χ1v) is 6.86. The molecule has 1 aromatic carbocycles. The van der Waals surface area contributed by atoms with Crippen molar-refractivity contribution in [2.45, 2.75) is 26.1 Å².